The molecule has 3 rings (SSSR count). The molecule has 0 radical (unpaired) electrons. The van der Waals surface area contributed by atoms with Crippen LogP contribution in [0.1, 0.15) is 23.6 Å². The van der Waals surface area contributed by atoms with Gasteiger partial charge in [0.25, 0.3) is 0 Å². The fourth-order valence-corrected chi connectivity index (χ4v) is 2.88. The maximum Gasteiger partial charge on any atom is 0.0502 e. The van der Waals surface area contributed by atoms with Crippen LogP contribution in [0, 0.1) is 0 Å². The monoisotopic (exact) mass is 188 g/mol. The summed E-state index contributed by atoms with van der Waals surface area (Å²) in [5, 5.41) is 0. The summed E-state index contributed by atoms with van der Waals surface area (Å²) in [6.07, 6.45) is 2.35. The summed E-state index contributed by atoms with van der Waals surface area (Å²) in [7, 11) is 0. The fraction of sp³-hybridized carbons (Fsp3) is 0.500. The maximum atomic E-state index is 6.16. The Morgan fingerprint density at radius 1 is 1.21 bits per heavy atom. The zero-order chi connectivity index (χ0) is 9.54. The van der Waals surface area contributed by atoms with E-state index in [0.717, 1.165) is 6.42 Å². The molecule has 2 heteroatoms. The summed E-state index contributed by atoms with van der Waals surface area (Å²) >= 11 is 0. The van der Waals surface area contributed by atoms with Gasteiger partial charge in [0.15, 0.2) is 0 Å². The molecule has 14 heavy (non-hydrogen) atoms. The van der Waals surface area contributed by atoms with E-state index in [1.807, 2.05) is 0 Å². The number of benzene rings is 1. The first kappa shape index (κ1) is 8.45. The molecular weight excluding hydrogens is 172 g/mol. The number of nitrogens with two attached hydrogens (primary N) is 1. The topological polar surface area (TPSA) is 29.3 Å². The number of hydrogen-bond acceptors (Lipinski definition) is 2. The van der Waals surface area contributed by atoms with Crippen molar-refractivity contribution in [2.45, 2.75) is 24.9 Å². The lowest BCUT2D eigenvalue weighted by molar-refractivity contribution is 0.234. The van der Waals surface area contributed by atoms with Crippen molar-refractivity contribution in [2.75, 3.05) is 13.1 Å². The lowest BCUT2D eigenvalue weighted by atomic mass is 9.91. The first-order chi connectivity index (χ1) is 6.86. The lowest BCUT2D eigenvalue weighted by Gasteiger charge is -2.33. The van der Waals surface area contributed by atoms with Gasteiger partial charge in [-0.15, -0.1) is 0 Å². The molecule has 2 nitrogen and oxygen atoms in total. The van der Waals surface area contributed by atoms with E-state index < -0.39 is 0 Å². The highest BCUT2D eigenvalue weighted by molar-refractivity contribution is 5.34. The van der Waals surface area contributed by atoms with Crippen LogP contribution in [0.3, 0.4) is 0 Å². The van der Waals surface area contributed by atoms with Crippen LogP contribution in [0.25, 0.3) is 0 Å². The van der Waals surface area contributed by atoms with E-state index in [2.05, 4.69) is 29.2 Å². The van der Waals surface area contributed by atoms with Gasteiger partial charge in [0.05, 0.1) is 6.04 Å². The molecule has 0 spiro atoms. The molecule has 2 aliphatic heterocycles. The molecule has 2 atom stereocenters. The summed E-state index contributed by atoms with van der Waals surface area (Å²) in [4.78, 5) is 2.53. The second kappa shape index (κ2) is 3.07. The molecule has 0 bridgehead atoms. The standard InChI is InChI=1S/C12H16N2/c13-11-6-8-14-7-5-9-3-1-2-4-10(9)12(11)14/h1-4,11-12H,5-8,13H2. The van der Waals surface area contributed by atoms with Crippen LogP contribution >= 0.6 is 0 Å². The minimum atomic E-state index is 0.344. The molecule has 2 heterocycles. The molecule has 2 aliphatic rings. The summed E-state index contributed by atoms with van der Waals surface area (Å²) in [6, 6.07) is 9.61. The van der Waals surface area contributed by atoms with E-state index in [-0.39, 0.29) is 0 Å². The third-order valence-corrected chi connectivity index (χ3v) is 3.59. The Balaban J connectivity index is 2.07. The van der Waals surface area contributed by atoms with Gasteiger partial charge in [-0.2, -0.15) is 0 Å². The van der Waals surface area contributed by atoms with Crippen LogP contribution in [0.4, 0.5) is 0 Å². The van der Waals surface area contributed by atoms with Gasteiger partial charge in [-0.25, -0.2) is 0 Å². The number of hydrogen-bond donors (Lipinski definition) is 1. The summed E-state index contributed by atoms with van der Waals surface area (Å²) in [6.45, 7) is 2.37. The van der Waals surface area contributed by atoms with Crippen LogP contribution in [0.15, 0.2) is 24.3 Å². The zero-order valence-corrected chi connectivity index (χ0v) is 8.32. The second-order valence-corrected chi connectivity index (χ2v) is 4.38. The van der Waals surface area contributed by atoms with Crippen LogP contribution in [0.2, 0.25) is 0 Å². The highest BCUT2D eigenvalue weighted by Gasteiger charge is 2.36. The molecule has 0 aromatic heterocycles. The third kappa shape index (κ3) is 1.11. The van der Waals surface area contributed by atoms with E-state index in [4.69, 9.17) is 5.73 Å². The van der Waals surface area contributed by atoms with Crippen molar-refractivity contribution >= 4 is 0 Å². The van der Waals surface area contributed by atoms with Gasteiger partial charge in [0.1, 0.15) is 0 Å². The third-order valence-electron chi connectivity index (χ3n) is 3.59. The summed E-state index contributed by atoms with van der Waals surface area (Å²) in [5.41, 5.74) is 9.14. The minimum absolute atomic E-state index is 0.344. The first-order valence-electron chi connectivity index (χ1n) is 5.44. The summed E-state index contributed by atoms with van der Waals surface area (Å²) in [5.74, 6) is 0. The molecule has 1 fully saturated rings. The Kier molecular flexibility index (Phi) is 1.85. The van der Waals surface area contributed by atoms with Gasteiger partial charge in [0.2, 0.25) is 0 Å². The molecule has 2 unspecified atom stereocenters. The van der Waals surface area contributed by atoms with E-state index in [0.29, 0.717) is 12.1 Å². The van der Waals surface area contributed by atoms with Crippen molar-refractivity contribution in [3.05, 3.63) is 35.4 Å². The van der Waals surface area contributed by atoms with E-state index >= 15 is 0 Å². The molecule has 1 saturated heterocycles. The SMILES string of the molecule is NC1CCN2CCc3ccccc3C12. The van der Waals surface area contributed by atoms with Crippen LogP contribution in [-0.4, -0.2) is 24.0 Å². The zero-order valence-electron chi connectivity index (χ0n) is 8.32. The predicted octanol–water partition coefficient (Wildman–Crippen LogP) is 1.32. The van der Waals surface area contributed by atoms with Gasteiger partial charge in [-0.3, -0.25) is 4.90 Å². The van der Waals surface area contributed by atoms with Gasteiger partial charge < -0.3 is 5.73 Å². The van der Waals surface area contributed by atoms with Gasteiger partial charge >= 0.3 is 0 Å². The minimum Gasteiger partial charge on any atom is -0.326 e. The first-order valence-corrected chi connectivity index (χ1v) is 5.44. The average Bonchev–Trinajstić information content (AvgIpc) is 2.61. The van der Waals surface area contributed by atoms with Crippen molar-refractivity contribution in [1.29, 1.82) is 0 Å². The van der Waals surface area contributed by atoms with Crippen LogP contribution < -0.4 is 5.73 Å². The van der Waals surface area contributed by atoms with E-state index in [1.54, 1.807) is 0 Å². The second-order valence-electron chi connectivity index (χ2n) is 4.38. The van der Waals surface area contributed by atoms with Crippen molar-refractivity contribution in [3.8, 4) is 0 Å². The molecule has 2 N–H and O–H groups in total. The Hall–Kier alpha value is -0.860. The number of rotatable bonds is 0. The lowest BCUT2D eigenvalue weighted by Crippen LogP contribution is -2.37. The molecule has 1 aromatic carbocycles. The van der Waals surface area contributed by atoms with Crippen LogP contribution in [0.5, 0.6) is 0 Å². The van der Waals surface area contributed by atoms with Crippen molar-refractivity contribution in [1.82, 2.24) is 4.90 Å². The molecule has 0 aliphatic carbocycles. The fourth-order valence-electron chi connectivity index (χ4n) is 2.88. The molecular formula is C12H16N2. The van der Waals surface area contributed by atoms with Gasteiger partial charge in [0, 0.05) is 19.1 Å². The normalized spacial score (nSPS) is 31.2. The molecule has 0 amide bonds. The molecule has 0 saturated carbocycles. The van der Waals surface area contributed by atoms with Crippen LogP contribution in [-0.2, 0) is 6.42 Å². The highest BCUT2D eigenvalue weighted by atomic mass is 15.2. The largest absolute Gasteiger partial charge is 0.326 e. The number of fused-ring (bicyclic) bond motifs is 3. The Morgan fingerprint density at radius 3 is 3.00 bits per heavy atom. The summed E-state index contributed by atoms with van der Waals surface area (Å²) < 4.78 is 0. The van der Waals surface area contributed by atoms with Crippen molar-refractivity contribution in [2.24, 2.45) is 5.73 Å². The Morgan fingerprint density at radius 2 is 2.07 bits per heavy atom. The maximum absolute atomic E-state index is 6.16. The number of nitrogens with zero attached hydrogens (tertiary/aromatic N) is 1. The molecule has 1 aromatic rings. The van der Waals surface area contributed by atoms with E-state index in [9.17, 15) is 0 Å². The van der Waals surface area contributed by atoms with E-state index in [1.165, 1.54) is 30.6 Å². The average molecular weight is 188 g/mol. The predicted molar refractivity (Wildman–Crippen MR) is 57.1 cm³/mol. The van der Waals surface area contributed by atoms with Crippen molar-refractivity contribution in [3.63, 3.8) is 0 Å². The molecule has 74 valence electrons. The Bertz CT molecular complexity index is 348. The van der Waals surface area contributed by atoms with Gasteiger partial charge in [-0.1, -0.05) is 24.3 Å². The Labute approximate surface area is 84.7 Å². The van der Waals surface area contributed by atoms with Gasteiger partial charge in [-0.05, 0) is 24.0 Å². The highest BCUT2D eigenvalue weighted by Crippen LogP contribution is 2.36. The smallest absolute Gasteiger partial charge is 0.0502 e. The quantitative estimate of drug-likeness (QED) is 0.665. The van der Waals surface area contributed by atoms with Crippen molar-refractivity contribution < 1.29 is 0 Å².